The summed E-state index contributed by atoms with van der Waals surface area (Å²) in [4.78, 5) is 11.0. The molecule has 0 spiro atoms. The molecule has 6 heteroatoms. The molecule has 0 amide bonds. The number of aromatic carboxylic acids is 1. The number of halogens is 1. The van der Waals surface area contributed by atoms with Crippen molar-refractivity contribution in [2.45, 2.75) is 25.5 Å². The van der Waals surface area contributed by atoms with Gasteiger partial charge in [0.05, 0.1) is 17.4 Å². The summed E-state index contributed by atoms with van der Waals surface area (Å²) in [5, 5.41) is 12.2. The van der Waals surface area contributed by atoms with E-state index in [1.54, 1.807) is 18.2 Å². The molecule has 0 aromatic heterocycles. The van der Waals surface area contributed by atoms with Crippen molar-refractivity contribution in [3.8, 4) is 5.75 Å². The molecule has 1 unspecified atom stereocenters. The van der Waals surface area contributed by atoms with Crippen LogP contribution in [-0.4, -0.2) is 30.4 Å². The predicted octanol–water partition coefficient (Wildman–Crippen LogP) is 3.69. The Morgan fingerprint density at radius 1 is 1.32 bits per heavy atom. The van der Waals surface area contributed by atoms with E-state index in [0.29, 0.717) is 24.6 Å². The normalized spacial score (nSPS) is 16.6. The molecule has 0 radical (unpaired) electrons. The smallest absolute Gasteiger partial charge is 0.335 e. The highest BCUT2D eigenvalue weighted by Crippen LogP contribution is 2.27. The second kappa shape index (κ2) is 7.98. The van der Waals surface area contributed by atoms with Gasteiger partial charge in [-0.1, -0.05) is 12.1 Å². The van der Waals surface area contributed by atoms with Crippen LogP contribution in [0, 0.1) is 5.82 Å². The Bertz CT molecular complexity index is 744. The van der Waals surface area contributed by atoms with Crippen LogP contribution in [0.5, 0.6) is 5.75 Å². The van der Waals surface area contributed by atoms with Gasteiger partial charge in [-0.2, -0.15) is 0 Å². The highest BCUT2D eigenvalue weighted by atomic mass is 19.1. The number of ether oxygens (including phenoxy) is 2. The summed E-state index contributed by atoms with van der Waals surface area (Å²) in [6.45, 7) is 1.54. The molecule has 2 aromatic rings. The average molecular weight is 345 g/mol. The summed E-state index contributed by atoms with van der Waals surface area (Å²) in [5.41, 5.74) is 1.53. The molecule has 3 rings (SSSR count). The van der Waals surface area contributed by atoms with Crippen LogP contribution >= 0.6 is 0 Å². The third kappa shape index (κ3) is 4.70. The topological polar surface area (TPSA) is 67.8 Å². The average Bonchev–Trinajstić information content (AvgIpc) is 3.13. The third-order valence-electron chi connectivity index (χ3n) is 4.05. The van der Waals surface area contributed by atoms with Gasteiger partial charge in [-0.05, 0) is 42.7 Å². The van der Waals surface area contributed by atoms with Gasteiger partial charge in [-0.25, -0.2) is 9.18 Å². The first kappa shape index (κ1) is 17.2. The standard InChI is InChI=1S/C19H20FNO4/c20-15-6-7-18(25-12-16-5-2-8-24-16)17(10-15)21-11-13-3-1-4-14(9-13)19(22)23/h1,3-4,6-7,9-10,16,21H,2,5,8,11-12H2,(H,22,23). The molecular formula is C19H20FNO4. The van der Waals surface area contributed by atoms with Crippen molar-refractivity contribution in [2.24, 2.45) is 0 Å². The van der Waals surface area contributed by atoms with Crippen molar-refractivity contribution in [2.75, 3.05) is 18.5 Å². The summed E-state index contributed by atoms with van der Waals surface area (Å²) in [6.07, 6.45) is 2.07. The SMILES string of the molecule is O=C(O)c1cccc(CNc2cc(F)ccc2OCC2CCCO2)c1. The minimum Gasteiger partial charge on any atom is -0.489 e. The van der Waals surface area contributed by atoms with Gasteiger partial charge in [0.25, 0.3) is 0 Å². The minimum atomic E-state index is -0.979. The molecule has 1 saturated heterocycles. The van der Waals surface area contributed by atoms with Crippen LogP contribution in [0.4, 0.5) is 10.1 Å². The molecule has 132 valence electrons. The summed E-state index contributed by atoms with van der Waals surface area (Å²) in [5.74, 6) is -0.800. The molecular weight excluding hydrogens is 325 g/mol. The lowest BCUT2D eigenvalue weighted by atomic mass is 10.1. The second-order valence-electron chi connectivity index (χ2n) is 5.95. The number of rotatable bonds is 7. The maximum Gasteiger partial charge on any atom is 0.335 e. The molecule has 0 aliphatic carbocycles. The Hall–Kier alpha value is -2.60. The molecule has 25 heavy (non-hydrogen) atoms. The molecule has 2 aromatic carbocycles. The Labute approximate surface area is 145 Å². The molecule has 1 aliphatic rings. The van der Waals surface area contributed by atoms with Gasteiger partial charge in [0, 0.05) is 19.2 Å². The lowest BCUT2D eigenvalue weighted by molar-refractivity contribution is 0.0681. The summed E-state index contributed by atoms with van der Waals surface area (Å²) in [7, 11) is 0. The number of benzene rings is 2. The Morgan fingerprint density at radius 2 is 2.20 bits per heavy atom. The fourth-order valence-corrected chi connectivity index (χ4v) is 2.74. The molecule has 1 fully saturated rings. The first-order chi connectivity index (χ1) is 12.1. The summed E-state index contributed by atoms with van der Waals surface area (Å²) in [6, 6.07) is 10.9. The number of hydrogen-bond donors (Lipinski definition) is 2. The molecule has 1 atom stereocenters. The van der Waals surface area contributed by atoms with Gasteiger partial charge >= 0.3 is 5.97 Å². The number of hydrogen-bond acceptors (Lipinski definition) is 4. The van der Waals surface area contributed by atoms with Crippen LogP contribution < -0.4 is 10.1 Å². The quantitative estimate of drug-likeness (QED) is 0.801. The van der Waals surface area contributed by atoms with Crippen molar-refractivity contribution < 1.29 is 23.8 Å². The maximum absolute atomic E-state index is 13.6. The van der Waals surface area contributed by atoms with Crippen LogP contribution in [0.3, 0.4) is 0 Å². The van der Waals surface area contributed by atoms with Gasteiger partial charge in [0.2, 0.25) is 0 Å². The van der Waals surface area contributed by atoms with E-state index in [-0.39, 0.29) is 17.5 Å². The maximum atomic E-state index is 13.6. The summed E-state index contributed by atoms with van der Waals surface area (Å²) >= 11 is 0. The van der Waals surface area contributed by atoms with E-state index in [1.807, 2.05) is 6.07 Å². The highest BCUT2D eigenvalue weighted by Gasteiger charge is 2.17. The molecule has 1 aliphatic heterocycles. The Morgan fingerprint density at radius 3 is 2.96 bits per heavy atom. The van der Waals surface area contributed by atoms with Crippen LogP contribution in [0.1, 0.15) is 28.8 Å². The largest absolute Gasteiger partial charge is 0.489 e. The number of nitrogens with one attached hydrogen (secondary N) is 1. The fraction of sp³-hybridized carbons (Fsp3) is 0.316. The monoisotopic (exact) mass is 345 g/mol. The molecule has 0 saturated carbocycles. The van der Waals surface area contributed by atoms with Crippen LogP contribution in [-0.2, 0) is 11.3 Å². The van der Waals surface area contributed by atoms with Gasteiger partial charge in [0.15, 0.2) is 0 Å². The molecule has 2 N–H and O–H groups in total. The van der Waals surface area contributed by atoms with Crippen molar-refractivity contribution in [1.82, 2.24) is 0 Å². The van der Waals surface area contributed by atoms with E-state index in [0.717, 1.165) is 25.0 Å². The van der Waals surface area contributed by atoms with E-state index in [1.165, 1.54) is 18.2 Å². The predicted molar refractivity (Wildman–Crippen MR) is 91.6 cm³/mol. The summed E-state index contributed by atoms with van der Waals surface area (Å²) < 4.78 is 24.9. The number of carbonyl (C=O) groups is 1. The van der Waals surface area contributed by atoms with E-state index >= 15 is 0 Å². The number of carboxylic acids is 1. The van der Waals surface area contributed by atoms with Gasteiger partial charge in [-0.15, -0.1) is 0 Å². The lowest BCUT2D eigenvalue weighted by Gasteiger charge is -2.16. The zero-order valence-corrected chi connectivity index (χ0v) is 13.7. The molecule has 0 bridgehead atoms. The number of carboxylic acid groups (broad SMARTS) is 1. The second-order valence-corrected chi connectivity index (χ2v) is 5.95. The van der Waals surface area contributed by atoms with E-state index in [4.69, 9.17) is 14.6 Å². The first-order valence-corrected chi connectivity index (χ1v) is 8.22. The Balaban J connectivity index is 1.67. The minimum absolute atomic E-state index is 0.0742. The van der Waals surface area contributed by atoms with Gasteiger partial charge in [0.1, 0.15) is 18.2 Å². The fourth-order valence-electron chi connectivity index (χ4n) is 2.74. The lowest BCUT2D eigenvalue weighted by Crippen LogP contribution is -2.17. The van der Waals surface area contributed by atoms with Crippen LogP contribution in [0.15, 0.2) is 42.5 Å². The first-order valence-electron chi connectivity index (χ1n) is 8.22. The van der Waals surface area contributed by atoms with Crippen LogP contribution in [0.25, 0.3) is 0 Å². The van der Waals surface area contributed by atoms with E-state index in [9.17, 15) is 9.18 Å². The van der Waals surface area contributed by atoms with Gasteiger partial charge in [-0.3, -0.25) is 0 Å². The number of anilines is 1. The highest BCUT2D eigenvalue weighted by molar-refractivity contribution is 5.87. The third-order valence-corrected chi connectivity index (χ3v) is 4.05. The van der Waals surface area contributed by atoms with Crippen molar-refractivity contribution >= 4 is 11.7 Å². The van der Waals surface area contributed by atoms with Crippen molar-refractivity contribution in [3.05, 3.63) is 59.4 Å². The van der Waals surface area contributed by atoms with Crippen molar-refractivity contribution in [3.63, 3.8) is 0 Å². The van der Waals surface area contributed by atoms with E-state index < -0.39 is 5.97 Å². The zero-order valence-electron chi connectivity index (χ0n) is 13.7. The van der Waals surface area contributed by atoms with Gasteiger partial charge < -0.3 is 19.9 Å². The molecule has 5 nitrogen and oxygen atoms in total. The Kier molecular flexibility index (Phi) is 5.50. The van der Waals surface area contributed by atoms with E-state index in [2.05, 4.69) is 5.32 Å². The zero-order chi connectivity index (χ0) is 17.6. The van der Waals surface area contributed by atoms with Crippen molar-refractivity contribution in [1.29, 1.82) is 0 Å². The molecule has 1 heterocycles. The van der Waals surface area contributed by atoms with Crippen LogP contribution in [0.2, 0.25) is 0 Å².